The van der Waals surface area contributed by atoms with Crippen molar-refractivity contribution in [3.63, 3.8) is 0 Å². The van der Waals surface area contributed by atoms with E-state index in [0.717, 1.165) is 24.7 Å². The summed E-state index contributed by atoms with van der Waals surface area (Å²) in [6, 6.07) is 9.28. The lowest BCUT2D eigenvalue weighted by molar-refractivity contribution is 0.483. The van der Waals surface area contributed by atoms with Crippen molar-refractivity contribution in [2.75, 3.05) is 11.5 Å². The summed E-state index contributed by atoms with van der Waals surface area (Å²) in [5, 5.41) is 3.73. The fraction of sp³-hybridized carbons (Fsp3) is 0.500. The average molecular weight is 315 g/mol. The minimum absolute atomic E-state index is 0.424. The van der Waals surface area contributed by atoms with E-state index in [1.165, 1.54) is 23.3 Å². The Labute approximate surface area is 137 Å². The quantitative estimate of drug-likeness (QED) is 0.913. The Morgan fingerprint density at radius 2 is 2.23 bits per heavy atom. The Hall–Kier alpha value is -1.26. The number of nitrogens with zero attached hydrogens (tertiary/aromatic N) is 2. The van der Waals surface area contributed by atoms with Gasteiger partial charge in [0.25, 0.3) is 0 Å². The van der Waals surface area contributed by atoms with Gasteiger partial charge in [-0.3, -0.25) is 0 Å². The van der Waals surface area contributed by atoms with E-state index in [9.17, 15) is 0 Å². The normalized spacial score (nSPS) is 18.2. The van der Waals surface area contributed by atoms with Crippen LogP contribution >= 0.6 is 11.8 Å². The zero-order valence-electron chi connectivity index (χ0n) is 13.5. The molecule has 0 spiro atoms. The summed E-state index contributed by atoms with van der Waals surface area (Å²) in [6.45, 7) is 6.36. The molecule has 1 aromatic carbocycles. The summed E-state index contributed by atoms with van der Waals surface area (Å²) in [7, 11) is 0. The second-order valence-corrected chi connectivity index (χ2v) is 7.50. The molecule has 22 heavy (non-hydrogen) atoms. The van der Waals surface area contributed by atoms with Gasteiger partial charge in [0.1, 0.15) is 5.82 Å². The third-order valence-corrected chi connectivity index (χ3v) is 5.16. The molecular weight excluding hydrogens is 290 g/mol. The maximum atomic E-state index is 4.53. The van der Waals surface area contributed by atoms with Crippen LogP contribution in [0.5, 0.6) is 0 Å². The lowest BCUT2D eigenvalue weighted by Crippen LogP contribution is -2.25. The number of thioether (sulfide) groups is 1. The van der Waals surface area contributed by atoms with Crippen molar-refractivity contribution < 1.29 is 0 Å². The number of benzene rings is 1. The highest BCUT2D eigenvalue weighted by atomic mass is 32.2. The fourth-order valence-electron chi connectivity index (χ4n) is 3.03. The fourth-order valence-corrected chi connectivity index (χ4v) is 4.09. The van der Waals surface area contributed by atoms with E-state index in [4.69, 9.17) is 0 Å². The standard InChI is InChI=1S/C18H25N3S/c1-14(2)12-21-9-8-19-18(21)11-20-17-13-22-10-7-15-5-3-4-6-16(15)17/h3-6,8-9,14,17,20H,7,10-13H2,1-2H3/t17-/m1/s1. The van der Waals surface area contributed by atoms with Gasteiger partial charge in [-0.05, 0) is 29.2 Å². The van der Waals surface area contributed by atoms with Gasteiger partial charge in [-0.2, -0.15) is 11.8 Å². The van der Waals surface area contributed by atoms with Gasteiger partial charge in [-0.1, -0.05) is 38.1 Å². The highest BCUT2D eigenvalue weighted by molar-refractivity contribution is 7.99. The van der Waals surface area contributed by atoms with Crippen LogP contribution < -0.4 is 5.32 Å². The predicted octanol–water partition coefficient (Wildman–Crippen LogP) is 3.66. The number of fused-ring (bicyclic) bond motifs is 1. The first-order valence-electron chi connectivity index (χ1n) is 8.13. The van der Waals surface area contributed by atoms with Gasteiger partial charge in [0.15, 0.2) is 0 Å². The molecule has 0 amide bonds. The van der Waals surface area contributed by atoms with Gasteiger partial charge in [0.05, 0.1) is 6.54 Å². The Bertz CT molecular complexity index is 606. The number of imidazole rings is 1. The molecule has 1 N–H and O–H groups in total. The van der Waals surface area contributed by atoms with E-state index < -0.39 is 0 Å². The number of aryl methyl sites for hydroxylation is 1. The molecule has 0 saturated carbocycles. The first kappa shape index (κ1) is 15.6. The summed E-state index contributed by atoms with van der Waals surface area (Å²) >= 11 is 2.04. The smallest absolute Gasteiger partial charge is 0.122 e. The van der Waals surface area contributed by atoms with Crippen LogP contribution in [0.25, 0.3) is 0 Å². The van der Waals surface area contributed by atoms with E-state index in [0.29, 0.717) is 12.0 Å². The predicted molar refractivity (Wildman–Crippen MR) is 94.1 cm³/mol. The topological polar surface area (TPSA) is 29.9 Å². The summed E-state index contributed by atoms with van der Waals surface area (Å²) < 4.78 is 2.27. The monoisotopic (exact) mass is 315 g/mol. The Morgan fingerprint density at radius 1 is 1.36 bits per heavy atom. The molecule has 3 nitrogen and oxygen atoms in total. The van der Waals surface area contributed by atoms with Gasteiger partial charge in [-0.15, -0.1) is 0 Å². The van der Waals surface area contributed by atoms with Crippen molar-refractivity contribution >= 4 is 11.8 Å². The highest BCUT2D eigenvalue weighted by Gasteiger charge is 2.18. The van der Waals surface area contributed by atoms with E-state index in [-0.39, 0.29) is 0 Å². The molecule has 0 aliphatic carbocycles. The molecule has 0 saturated heterocycles. The first-order chi connectivity index (χ1) is 10.7. The molecular formula is C18H25N3S. The third kappa shape index (κ3) is 3.73. The Morgan fingerprint density at radius 3 is 3.09 bits per heavy atom. The van der Waals surface area contributed by atoms with Crippen molar-refractivity contribution in [1.29, 1.82) is 0 Å². The second kappa shape index (κ2) is 7.34. The van der Waals surface area contributed by atoms with Crippen LogP contribution in [-0.4, -0.2) is 21.1 Å². The highest BCUT2D eigenvalue weighted by Crippen LogP contribution is 2.27. The van der Waals surface area contributed by atoms with Crippen LogP contribution in [0.4, 0.5) is 0 Å². The number of rotatable bonds is 5. The number of hydrogen-bond acceptors (Lipinski definition) is 3. The SMILES string of the molecule is CC(C)Cn1ccnc1CN[C@@H]1CSCCc2ccccc21. The van der Waals surface area contributed by atoms with E-state index in [2.05, 4.69) is 59.2 Å². The Balaban J connectivity index is 1.70. The van der Waals surface area contributed by atoms with Crippen molar-refractivity contribution in [2.24, 2.45) is 5.92 Å². The van der Waals surface area contributed by atoms with Crippen LogP contribution in [0.15, 0.2) is 36.7 Å². The third-order valence-electron chi connectivity index (χ3n) is 4.10. The largest absolute Gasteiger partial charge is 0.334 e. The summed E-state index contributed by atoms with van der Waals surface area (Å²) in [5.74, 6) is 4.14. The van der Waals surface area contributed by atoms with Gasteiger partial charge in [0, 0.05) is 30.7 Å². The molecule has 0 bridgehead atoms. The minimum Gasteiger partial charge on any atom is -0.334 e. The molecule has 1 aromatic heterocycles. The molecule has 1 aliphatic rings. The second-order valence-electron chi connectivity index (χ2n) is 6.35. The van der Waals surface area contributed by atoms with Crippen LogP contribution in [0, 0.1) is 5.92 Å². The first-order valence-corrected chi connectivity index (χ1v) is 9.28. The van der Waals surface area contributed by atoms with E-state index >= 15 is 0 Å². The van der Waals surface area contributed by atoms with Crippen LogP contribution in [0.3, 0.4) is 0 Å². The number of hydrogen-bond donors (Lipinski definition) is 1. The molecule has 4 heteroatoms. The maximum Gasteiger partial charge on any atom is 0.122 e. The molecule has 0 unspecified atom stereocenters. The average Bonchev–Trinajstić information content (AvgIpc) is 2.82. The van der Waals surface area contributed by atoms with Crippen molar-refractivity contribution in [1.82, 2.24) is 14.9 Å². The molecule has 1 aliphatic heterocycles. The van der Waals surface area contributed by atoms with Crippen molar-refractivity contribution in [3.05, 3.63) is 53.6 Å². The van der Waals surface area contributed by atoms with Gasteiger partial charge in [0.2, 0.25) is 0 Å². The van der Waals surface area contributed by atoms with Gasteiger partial charge >= 0.3 is 0 Å². The van der Waals surface area contributed by atoms with Crippen molar-refractivity contribution in [2.45, 2.75) is 39.4 Å². The van der Waals surface area contributed by atoms with Crippen LogP contribution in [0.2, 0.25) is 0 Å². The molecule has 118 valence electrons. The summed E-state index contributed by atoms with van der Waals surface area (Å²) in [5.41, 5.74) is 2.96. The lowest BCUT2D eigenvalue weighted by Gasteiger charge is -2.19. The van der Waals surface area contributed by atoms with Crippen LogP contribution in [0.1, 0.15) is 36.8 Å². The molecule has 2 aromatic rings. The summed E-state index contributed by atoms with van der Waals surface area (Å²) in [4.78, 5) is 4.53. The molecule has 3 rings (SSSR count). The molecule has 0 fully saturated rings. The van der Waals surface area contributed by atoms with Gasteiger partial charge in [-0.25, -0.2) is 4.98 Å². The zero-order valence-corrected chi connectivity index (χ0v) is 14.3. The summed E-state index contributed by atoms with van der Waals surface area (Å²) in [6.07, 6.45) is 5.18. The molecule has 2 heterocycles. The van der Waals surface area contributed by atoms with E-state index in [1.807, 2.05) is 18.0 Å². The van der Waals surface area contributed by atoms with Crippen LogP contribution in [-0.2, 0) is 19.5 Å². The zero-order chi connectivity index (χ0) is 15.4. The number of nitrogens with one attached hydrogen (secondary N) is 1. The lowest BCUT2D eigenvalue weighted by atomic mass is 10.00. The minimum atomic E-state index is 0.424. The van der Waals surface area contributed by atoms with Crippen molar-refractivity contribution in [3.8, 4) is 0 Å². The van der Waals surface area contributed by atoms with E-state index in [1.54, 1.807) is 0 Å². The molecule has 1 atom stereocenters. The maximum absolute atomic E-state index is 4.53. The van der Waals surface area contributed by atoms with Gasteiger partial charge < -0.3 is 9.88 Å². The Kier molecular flexibility index (Phi) is 5.21. The number of aromatic nitrogens is 2. The molecule has 0 radical (unpaired) electrons.